The number of thioether (sulfide) groups is 1. The molecule has 1 amide bonds. The molecule has 1 aliphatic carbocycles. The molecule has 1 aliphatic heterocycles. The Morgan fingerprint density at radius 3 is 2.89 bits per heavy atom. The lowest BCUT2D eigenvalue weighted by Crippen LogP contribution is -2.36. The van der Waals surface area contributed by atoms with Crippen LogP contribution in [0.4, 0.5) is 5.69 Å². The van der Waals surface area contributed by atoms with E-state index in [1.165, 1.54) is 35.0 Å². The van der Waals surface area contributed by atoms with Gasteiger partial charge in [-0.2, -0.15) is 0 Å². The van der Waals surface area contributed by atoms with Gasteiger partial charge in [0.05, 0.1) is 5.75 Å². The Hall–Kier alpha value is -2.12. The van der Waals surface area contributed by atoms with Crippen molar-refractivity contribution in [3.05, 3.63) is 58.0 Å². The number of hydrogen-bond donors (Lipinski definition) is 0. The van der Waals surface area contributed by atoms with Crippen molar-refractivity contribution in [2.24, 2.45) is 0 Å². The first-order valence-corrected chi connectivity index (χ1v) is 11.6. The van der Waals surface area contributed by atoms with Gasteiger partial charge >= 0.3 is 0 Å². The van der Waals surface area contributed by atoms with E-state index in [1.54, 1.807) is 11.3 Å². The summed E-state index contributed by atoms with van der Waals surface area (Å²) in [7, 11) is 0. The van der Waals surface area contributed by atoms with E-state index in [0.717, 1.165) is 42.5 Å². The predicted octanol–water partition coefficient (Wildman–Crippen LogP) is 4.34. The maximum atomic E-state index is 12.9. The molecular formula is C21H22N4OS2. The van der Waals surface area contributed by atoms with Gasteiger partial charge in [0.15, 0.2) is 5.16 Å². The molecule has 2 aliphatic rings. The van der Waals surface area contributed by atoms with Crippen molar-refractivity contribution < 1.29 is 4.79 Å². The zero-order valence-corrected chi connectivity index (χ0v) is 17.2. The van der Waals surface area contributed by atoms with Crippen LogP contribution in [0.15, 0.2) is 46.9 Å². The summed E-state index contributed by atoms with van der Waals surface area (Å²) < 4.78 is 2.27. The lowest BCUT2D eigenvalue weighted by Gasteiger charge is -2.29. The Balaban J connectivity index is 1.31. The van der Waals surface area contributed by atoms with Crippen LogP contribution in [0.2, 0.25) is 0 Å². The first kappa shape index (κ1) is 17.9. The highest BCUT2D eigenvalue weighted by molar-refractivity contribution is 7.99. The maximum absolute atomic E-state index is 12.9. The lowest BCUT2D eigenvalue weighted by atomic mass is 10.0. The van der Waals surface area contributed by atoms with Crippen molar-refractivity contribution in [1.29, 1.82) is 0 Å². The van der Waals surface area contributed by atoms with E-state index in [1.807, 2.05) is 11.0 Å². The van der Waals surface area contributed by atoms with Gasteiger partial charge in [-0.3, -0.25) is 4.79 Å². The van der Waals surface area contributed by atoms with Gasteiger partial charge in [0, 0.05) is 29.6 Å². The maximum Gasteiger partial charge on any atom is 0.237 e. The molecule has 0 bridgehead atoms. The van der Waals surface area contributed by atoms with Crippen LogP contribution in [0.1, 0.15) is 41.6 Å². The van der Waals surface area contributed by atoms with Crippen molar-refractivity contribution in [3.63, 3.8) is 0 Å². The number of hydrogen-bond acceptors (Lipinski definition) is 5. The fourth-order valence-corrected chi connectivity index (χ4v) is 5.39. The summed E-state index contributed by atoms with van der Waals surface area (Å²) in [5, 5.41) is 11.9. The van der Waals surface area contributed by atoms with Crippen LogP contribution < -0.4 is 4.90 Å². The van der Waals surface area contributed by atoms with Crippen molar-refractivity contribution in [3.8, 4) is 0 Å². The van der Waals surface area contributed by atoms with Crippen LogP contribution in [0.5, 0.6) is 0 Å². The number of para-hydroxylation sites is 1. The SMILES string of the molecule is O=C(CSc1nnc(Cc2cccs2)n1C1CC1)N1CCCc2ccccc21. The van der Waals surface area contributed by atoms with Crippen molar-refractivity contribution in [2.45, 2.75) is 43.3 Å². The molecule has 5 nitrogen and oxygen atoms in total. The lowest BCUT2D eigenvalue weighted by molar-refractivity contribution is -0.116. The highest BCUT2D eigenvalue weighted by atomic mass is 32.2. The fourth-order valence-electron chi connectivity index (χ4n) is 3.79. The molecule has 0 saturated heterocycles. The Labute approximate surface area is 172 Å². The smallest absolute Gasteiger partial charge is 0.237 e. The summed E-state index contributed by atoms with van der Waals surface area (Å²) in [5.41, 5.74) is 2.34. The molecule has 5 rings (SSSR count). The number of benzene rings is 1. The van der Waals surface area contributed by atoms with Gasteiger partial charge in [-0.1, -0.05) is 36.0 Å². The minimum atomic E-state index is 0.155. The Kier molecular flexibility index (Phi) is 4.94. The van der Waals surface area contributed by atoms with Crippen LogP contribution in [-0.4, -0.2) is 33.0 Å². The van der Waals surface area contributed by atoms with Crippen LogP contribution in [0, 0.1) is 0 Å². The van der Waals surface area contributed by atoms with Gasteiger partial charge in [0.2, 0.25) is 5.91 Å². The number of carbonyl (C=O) groups excluding carboxylic acids is 1. The molecule has 0 atom stereocenters. The zero-order chi connectivity index (χ0) is 18.9. The summed E-state index contributed by atoms with van der Waals surface area (Å²) in [6, 6.07) is 13.0. The molecule has 28 heavy (non-hydrogen) atoms. The number of aryl methyl sites for hydroxylation is 1. The van der Waals surface area contributed by atoms with E-state index >= 15 is 0 Å². The molecule has 144 valence electrons. The highest BCUT2D eigenvalue weighted by Gasteiger charge is 2.30. The molecule has 0 N–H and O–H groups in total. The Morgan fingerprint density at radius 1 is 1.18 bits per heavy atom. The zero-order valence-electron chi connectivity index (χ0n) is 15.6. The molecule has 1 aromatic carbocycles. The van der Waals surface area contributed by atoms with E-state index in [9.17, 15) is 4.79 Å². The number of rotatable bonds is 6. The summed E-state index contributed by atoms with van der Waals surface area (Å²) in [6.45, 7) is 0.801. The molecule has 3 heterocycles. The standard InChI is InChI=1S/C21H22N4OS2/c26-20(24-11-3-6-15-5-1-2-8-18(15)24)14-28-21-23-22-19(25(21)16-9-10-16)13-17-7-4-12-27-17/h1-2,4-5,7-8,12,16H,3,6,9-11,13-14H2. The van der Waals surface area contributed by atoms with Gasteiger partial charge in [0.1, 0.15) is 5.82 Å². The first-order valence-electron chi connectivity index (χ1n) is 9.77. The molecule has 7 heteroatoms. The molecule has 2 aromatic heterocycles. The van der Waals surface area contributed by atoms with E-state index in [-0.39, 0.29) is 5.91 Å². The third-order valence-electron chi connectivity index (χ3n) is 5.30. The number of carbonyl (C=O) groups is 1. The first-order chi connectivity index (χ1) is 13.8. The van der Waals surface area contributed by atoms with E-state index in [4.69, 9.17) is 0 Å². The minimum absolute atomic E-state index is 0.155. The second-order valence-electron chi connectivity index (χ2n) is 7.32. The molecule has 1 saturated carbocycles. The summed E-state index contributed by atoms with van der Waals surface area (Å²) in [6.07, 6.45) is 5.24. The predicted molar refractivity (Wildman–Crippen MR) is 113 cm³/mol. The van der Waals surface area contributed by atoms with Crippen LogP contribution in [-0.2, 0) is 17.6 Å². The number of nitrogens with zero attached hydrogens (tertiary/aromatic N) is 4. The van der Waals surface area contributed by atoms with Crippen molar-refractivity contribution >= 4 is 34.7 Å². The van der Waals surface area contributed by atoms with Gasteiger partial charge in [-0.25, -0.2) is 0 Å². The van der Waals surface area contributed by atoms with Gasteiger partial charge < -0.3 is 9.47 Å². The van der Waals surface area contributed by atoms with E-state index < -0.39 is 0 Å². The number of amides is 1. The van der Waals surface area contributed by atoms with Crippen molar-refractivity contribution in [2.75, 3.05) is 17.2 Å². The van der Waals surface area contributed by atoms with Gasteiger partial charge in [-0.15, -0.1) is 21.5 Å². The molecule has 0 spiro atoms. The average Bonchev–Trinajstić information content (AvgIpc) is 3.28. The van der Waals surface area contributed by atoms with Crippen LogP contribution in [0.25, 0.3) is 0 Å². The fraction of sp³-hybridized carbons (Fsp3) is 0.381. The second-order valence-corrected chi connectivity index (χ2v) is 9.30. The summed E-state index contributed by atoms with van der Waals surface area (Å²) in [5.74, 6) is 1.57. The van der Waals surface area contributed by atoms with E-state index in [0.29, 0.717) is 11.8 Å². The Morgan fingerprint density at radius 2 is 2.07 bits per heavy atom. The second kappa shape index (κ2) is 7.72. The molecule has 3 aromatic rings. The number of fused-ring (bicyclic) bond motifs is 1. The largest absolute Gasteiger partial charge is 0.311 e. The topological polar surface area (TPSA) is 51.0 Å². The normalized spacial score (nSPS) is 16.2. The van der Waals surface area contributed by atoms with Crippen LogP contribution in [0.3, 0.4) is 0 Å². The Bertz CT molecular complexity index is 978. The molecule has 0 radical (unpaired) electrons. The highest BCUT2D eigenvalue weighted by Crippen LogP contribution is 2.39. The molecule has 0 unspecified atom stereocenters. The van der Waals surface area contributed by atoms with Crippen molar-refractivity contribution in [1.82, 2.24) is 14.8 Å². The van der Waals surface area contributed by atoms with Gasteiger partial charge in [0.25, 0.3) is 0 Å². The molecular weight excluding hydrogens is 388 g/mol. The summed E-state index contributed by atoms with van der Waals surface area (Å²) >= 11 is 3.28. The third kappa shape index (κ3) is 3.61. The third-order valence-corrected chi connectivity index (χ3v) is 7.10. The molecule has 1 fully saturated rings. The average molecular weight is 411 g/mol. The number of anilines is 1. The quantitative estimate of drug-likeness (QED) is 0.568. The number of thiophene rings is 1. The van der Waals surface area contributed by atoms with Gasteiger partial charge in [-0.05, 0) is 48.8 Å². The van der Waals surface area contributed by atoms with Crippen LogP contribution >= 0.6 is 23.1 Å². The monoisotopic (exact) mass is 410 g/mol. The summed E-state index contributed by atoms with van der Waals surface area (Å²) in [4.78, 5) is 16.2. The minimum Gasteiger partial charge on any atom is -0.311 e. The van der Waals surface area contributed by atoms with E-state index in [2.05, 4.69) is 50.5 Å². The number of aromatic nitrogens is 3.